The molecule has 0 unspecified atom stereocenters. The van der Waals surface area contributed by atoms with Crippen molar-refractivity contribution in [1.29, 1.82) is 0 Å². The molecule has 0 aliphatic heterocycles. The van der Waals surface area contributed by atoms with Crippen molar-refractivity contribution in [3.05, 3.63) is 60.2 Å². The van der Waals surface area contributed by atoms with Crippen LogP contribution in [0.3, 0.4) is 0 Å². The fourth-order valence-electron chi connectivity index (χ4n) is 1.93. The van der Waals surface area contributed by atoms with E-state index < -0.39 is 0 Å². The first kappa shape index (κ1) is 12.9. The second kappa shape index (κ2) is 6.41. The minimum Gasteiger partial charge on any atom is -0.294 e. The predicted octanol–water partition coefficient (Wildman–Crippen LogP) is 4.29. The van der Waals surface area contributed by atoms with Gasteiger partial charge in [-0.2, -0.15) is 11.8 Å². The number of benzene rings is 2. The van der Waals surface area contributed by atoms with Crippen molar-refractivity contribution in [2.75, 3.05) is 12.0 Å². The number of carbonyl (C=O) groups is 1. The van der Waals surface area contributed by atoms with Crippen LogP contribution in [0.5, 0.6) is 0 Å². The Morgan fingerprint density at radius 1 is 1.00 bits per heavy atom. The van der Waals surface area contributed by atoms with Crippen LogP contribution in [0.25, 0.3) is 11.1 Å². The van der Waals surface area contributed by atoms with Gasteiger partial charge < -0.3 is 0 Å². The molecule has 0 saturated carbocycles. The smallest absolute Gasteiger partial charge is 0.164 e. The fraction of sp³-hybridized carbons (Fsp3) is 0.188. The van der Waals surface area contributed by atoms with Crippen molar-refractivity contribution in [1.82, 2.24) is 0 Å². The number of ketones is 1. The minimum atomic E-state index is 0.226. The molecule has 0 bridgehead atoms. The van der Waals surface area contributed by atoms with E-state index in [-0.39, 0.29) is 5.78 Å². The largest absolute Gasteiger partial charge is 0.294 e. The van der Waals surface area contributed by atoms with Crippen molar-refractivity contribution in [3.63, 3.8) is 0 Å². The van der Waals surface area contributed by atoms with E-state index in [1.807, 2.05) is 60.9 Å². The summed E-state index contributed by atoms with van der Waals surface area (Å²) >= 11 is 1.71. The zero-order valence-electron chi connectivity index (χ0n) is 10.4. The van der Waals surface area contributed by atoms with E-state index >= 15 is 0 Å². The quantitative estimate of drug-likeness (QED) is 0.742. The second-order valence-electron chi connectivity index (χ2n) is 4.08. The maximum atomic E-state index is 12.2. The van der Waals surface area contributed by atoms with Crippen molar-refractivity contribution in [2.45, 2.75) is 6.42 Å². The van der Waals surface area contributed by atoms with E-state index in [1.165, 1.54) is 0 Å². The van der Waals surface area contributed by atoms with Gasteiger partial charge in [0, 0.05) is 17.7 Å². The first-order chi connectivity index (χ1) is 8.83. The molecule has 0 amide bonds. The van der Waals surface area contributed by atoms with Crippen LogP contribution >= 0.6 is 11.8 Å². The number of Topliss-reactive ketones (excluding diaryl/α,β-unsaturated/α-hetero) is 1. The number of carbonyl (C=O) groups excluding carboxylic acids is 1. The Balaban J connectivity index is 2.34. The molecule has 0 aliphatic rings. The number of thioether (sulfide) groups is 1. The highest BCUT2D eigenvalue weighted by Gasteiger charge is 2.11. The molecule has 92 valence electrons. The number of hydrogen-bond donors (Lipinski definition) is 0. The Labute approximate surface area is 112 Å². The first-order valence-corrected chi connectivity index (χ1v) is 7.39. The van der Waals surface area contributed by atoms with Gasteiger partial charge in [0.15, 0.2) is 5.78 Å². The third kappa shape index (κ3) is 3.02. The minimum absolute atomic E-state index is 0.226. The van der Waals surface area contributed by atoms with E-state index in [2.05, 4.69) is 0 Å². The van der Waals surface area contributed by atoms with E-state index in [0.717, 1.165) is 22.4 Å². The maximum Gasteiger partial charge on any atom is 0.164 e. The van der Waals surface area contributed by atoms with Crippen LogP contribution in [0.4, 0.5) is 0 Å². The molecule has 2 heteroatoms. The summed E-state index contributed by atoms with van der Waals surface area (Å²) in [6.45, 7) is 0. The molecule has 0 radical (unpaired) electrons. The van der Waals surface area contributed by atoms with Gasteiger partial charge in [0.25, 0.3) is 0 Å². The molecule has 0 saturated heterocycles. The summed E-state index contributed by atoms with van der Waals surface area (Å²) in [4.78, 5) is 12.2. The van der Waals surface area contributed by atoms with Gasteiger partial charge in [-0.25, -0.2) is 0 Å². The normalized spacial score (nSPS) is 10.3. The molecule has 2 aromatic rings. The summed E-state index contributed by atoms with van der Waals surface area (Å²) in [5.74, 6) is 1.10. The highest BCUT2D eigenvalue weighted by atomic mass is 32.2. The van der Waals surface area contributed by atoms with Crippen LogP contribution in [0.15, 0.2) is 54.6 Å². The van der Waals surface area contributed by atoms with Gasteiger partial charge >= 0.3 is 0 Å². The van der Waals surface area contributed by atoms with Gasteiger partial charge in [0.2, 0.25) is 0 Å². The van der Waals surface area contributed by atoms with Crippen LogP contribution in [-0.2, 0) is 0 Å². The van der Waals surface area contributed by atoms with Gasteiger partial charge in [-0.05, 0) is 17.4 Å². The van der Waals surface area contributed by atoms with Crippen LogP contribution in [0, 0.1) is 0 Å². The Morgan fingerprint density at radius 3 is 2.39 bits per heavy atom. The Hall–Kier alpha value is -1.54. The summed E-state index contributed by atoms with van der Waals surface area (Å²) in [5, 5.41) is 0. The SMILES string of the molecule is CSCCC(=O)c1ccccc1-c1ccccc1. The molecule has 0 aromatic heterocycles. The zero-order chi connectivity index (χ0) is 12.8. The van der Waals surface area contributed by atoms with Crippen molar-refractivity contribution < 1.29 is 4.79 Å². The van der Waals surface area contributed by atoms with Crippen LogP contribution < -0.4 is 0 Å². The van der Waals surface area contributed by atoms with Gasteiger partial charge in [0.1, 0.15) is 0 Å². The number of rotatable bonds is 5. The highest BCUT2D eigenvalue weighted by Crippen LogP contribution is 2.24. The fourth-order valence-corrected chi connectivity index (χ4v) is 2.31. The van der Waals surface area contributed by atoms with Crippen molar-refractivity contribution in [3.8, 4) is 11.1 Å². The Kier molecular flexibility index (Phi) is 4.59. The average Bonchev–Trinajstić information content (AvgIpc) is 2.45. The van der Waals surface area contributed by atoms with E-state index in [4.69, 9.17) is 0 Å². The Morgan fingerprint density at radius 2 is 1.67 bits per heavy atom. The van der Waals surface area contributed by atoms with Crippen molar-refractivity contribution in [2.24, 2.45) is 0 Å². The molecule has 0 N–H and O–H groups in total. The van der Waals surface area contributed by atoms with Crippen LogP contribution in [0.1, 0.15) is 16.8 Å². The molecule has 0 fully saturated rings. The van der Waals surface area contributed by atoms with Gasteiger partial charge in [-0.1, -0.05) is 54.6 Å². The lowest BCUT2D eigenvalue weighted by molar-refractivity contribution is 0.0990. The molecular weight excluding hydrogens is 240 g/mol. The van der Waals surface area contributed by atoms with Crippen LogP contribution in [-0.4, -0.2) is 17.8 Å². The molecule has 18 heavy (non-hydrogen) atoms. The molecule has 1 nitrogen and oxygen atoms in total. The summed E-state index contributed by atoms with van der Waals surface area (Å²) in [7, 11) is 0. The third-order valence-electron chi connectivity index (χ3n) is 2.85. The maximum absolute atomic E-state index is 12.2. The van der Waals surface area contributed by atoms with E-state index in [1.54, 1.807) is 11.8 Å². The average molecular weight is 256 g/mol. The second-order valence-corrected chi connectivity index (χ2v) is 5.06. The van der Waals surface area contributed by atoms with Gasteiger partial charge in [0.05, 0.1) is 0 Å². The summed E-state index contributed by atoms with van der Waals surface area (Å²) < 4.78 is 0. The lowest BCUT2D eigenvalue weighted by Crippen LogP contribution is -2.02. The van der Waals surface area contributed by atoms with E-state index in [0.29, 0.717) is 6.42 Å². The molecule has 2 rings (SSSR count). The van der Waals surface area contributed by atoms with Crippen LogP contribution in [0.2, 0.25) is 0 Å². The zero-order valence-corrected chi connectivity index (χ0v) is 11.2. The predicted molar refractivity (Wildman–Crippen MR) is 79.2 cm³/mol. The van der Waals surface area contributed by atoms with E-state index in [9.17, 15) is 4.79 Å². The molecule has 0 spiro atoms. The first-order valence-electron chi connectivity index (χ1n) is 5.99. The van der Waals surface area contributed by atoms with Gasteiger partial charge in [-0.3, -0.25) is 4.79 Å². The molecular formula is C16H16OS. The summed E-state index contributed by atoms with van der Waals surface area (Å²) in [6, 6.07) is 17.9. The molecule has 0 atom stereocenters. The lowest BCUT2D eigenvalue weighted by Gasteiger charge is -2.08. The molecule has 2 aromatic carbocycles. The van der Waals surface area contributed by atoms with Crippen molar-refractivity contribution >= 4 is 17.5 Å². The lowest BCUT2D eigenvalue weighted by atomic mass is 9.96. The standard InChI is InChI=1S/C16H16OS/c1-18-12-11-16(17)15-10-6-5-9-14(15)13-7-3-2-4-8-13/h2-10H,11-12H2,1H3. The summed E-state index contributed by atoms with van der Waals surface area (Å²) in [5.41, 5.74) is 2.97. The monoisotopic (exact) mass is 256 g/mol. The molecule has 0 aliphatic carbocycles. The van der Waals surface area contributed by atoms with Gasteiger partial charge in [-0.15, -0.1) is 0 Å². The topological polar surface area (TPSA) is 17.1 Å². The Bertz CT molecular complexity index is 520. The summed E-state index contributed by atoms with van der Waals surface area (Å²) in [6.07, 6.45) is 2.63. The number of hydrogen-bond acceptors (Lipinski definition) is 2. The highest BCUT2D eigenvalue weighted by molar-refractivity contribution is 7.98. The third-order valence-corrected chi connectivity index (χ3v) is 3.46. The molecule has 0 heterocycles.